The van der Waals surface area contributed by atoms with Gasteiger partial charge in [0.1, 0.15) is 0 Å². The number of aryl methyl sites for hydroxylation is 1. The first-order chi connectivity index (χ1) is 16.5. The van der Waals surface area contributed by atoms with Gasteiger partial charge in [-0.3, -0.25) is 4.18 Å². The number of allylic oxidation sites excluding steroid dienone is 3. The predicted octanol–water partition coefficient (Wildman–Crippen LogP) is 5.48. The van der Waals surface area contributed by atoms with E-state index in [0.29, 0.717) is 24.7 Å². The zero-order valence-corrected chi connectivity index (χ0v) is 22.1. The van der Waals surface area contributed by atoms with Crippen LogP contribution in [-0.4, -0.2) is 37.4 Å². The maximum Gasteiger partial charge on any atom is 0.296 e. The molecule has 0 spiro atoms. The minimum Gasteiger partial charge on any atom is -0.393 e. The summed E-state index contributed by atoms with van der Waals surface area (Å²) >= 11 is 0. The third kappa shape index (κ3) is 5.51. The molecule has 0 unspecified atom stereocenters. The van der Waals surface area contributed by atoms with Crippen LogP contribution in [0.5, 0.6) is 0 Å². The first kappa shape index (κ1) is 26.3. The van der Waals surface area contributed by atoms with Crippen LogP contribution in [0.25, 0.3) is 0 Å². The lowest BCUT2D eigenvalue weighted by Gasteiger charge is -2.44. The molecule has 1 aromatic rings. The largest absolute Gasteiger partial charge is 0.393 e. The van der Waals surface area contributed by atoms with E-state index in [4.69, 9.17) is 4.18 Å². The molecule has 3 aliphatic carbocycles. The van der Waals surface area contributed by atoms with Crippen molar-refractivity contribution >= 4 is 10.1 Å². The first-order valence-corrected chi connectivity index (χ1v) is 14.3. The molecule has 1 aromatic carbocycles. The highest BCUT2D eigenvalue weighted by Gasteiger charge is 2.50. The minimum atomic E-state index is -3.77. The van der Waals surface area contributed by atoms with E-state index < -0.39 is 22.3 Å². The molecule has 0 amide bonds. The molecular weight excluding hydrogens is 460 g/mol. The molecule has 0 heterocycles. The second-order valence-corrected chi connectivity index (χ2v) is 12.8. The molecule has 3 saturated carbocycles. The van der Waals surface area contributed by atoms with E-state index >= 15 is 0 Å². The van der Waals surface area contributed by atoms with Gasteiger partial charge >= 0.3 is 0 Å². The molecule has 0 saturated heterocycles. The molecule has 0 aliphatic heterocycles. The summed E-state index contributed by atoms with van der Waals surface area (Å²) in [6.07, 6.45) is 9.42. The Morgan fingerprint density at radius 3 is 2.63 bits per heavy atom. The third-order valence-electron chi connectivity index (χ3n) is 8.78. The summed E-state index contributed by atoms with van der Waals surface area (Å²) in [5.41, 5.74) is 4.21. The number of fused-ring (bicyclic) bond motifs is 1. The zero-order valence-electron chi connectivity index (χ0n) is 21.2. The normalized spacial score (nSPS) is 34.8. The van der Waals surface area contributed by atoms with Crippen molar-refractivity contribution in [2.45, 2.75) is 82.8 Å². The Bertz CT molecular complexity index is 1100. The third-order valence-corrected chi connectivity index (χ3v) is 10.1. The van der Waals surface area contributed by atoms with Crippen molar-refractivity contribution in [3.8, 4) is 0 Å². The fourth-order valence-electron chi connectivity index (χ4n) is 6.77. The Morgan fingerprint density at radius 1 is 1.20 bits per heavy atom. The predicted molar refractivity (Wildman–Crippen MR) is 138 cm³/mol. The van der Waals surface area contributed by atoms with Gasteiger partial charge in [-0.05, 0) is 91.9 Å². The van der Waals surface area contributed by atoms with E-state index in [1.165, 1.54) is 5.57 Å². The second kappa shape index (κ2) is 10.3. The molecule has 0 aromatic heterocycles. The van der Waals surface area contributed by atoms with Crippen molar-refractivity contribution in [2.75, 3.05) is 6.61 Å². The topological polar surface area (TPSA) is 83.8 Å². The van der Waals surface area contributed by atoms with Gasteiger partial charge in [-0.2, -0.15) is 8.42 Å². The van der Waals surface area contributed by atoms with Crippen LogP contribution in [0.4, 0.5) is 0 Å². The minimum absolute atomic E-state index is 0.113. The molecule has 2 N–H and O–H groups in total. The summed E-state index contributed by atoms with van der Waals surface area (Å²) in [5.74, 6) is 0.984. The molecule has 5 nitrogen and oxygen atoms in total. The van der Waals surface area contributed by atoms with E-state index in [1.54, 1.807) is 24.3 Å². The molecule has 6 atom stereocenters. The van der Waals surface area contributed by atoms with E-state index in [2.05, 4.69) is 32.6 Å². The van der Waals surface area contributed by atoms with Crippen molar-refractivity contribution in [1.82, 2.24) is 0 Å². The highest BCUT2D eigenvalue weighted by molar-refractivity contribution is 7.86. The summed E-state index contributed by atoms with van der Waals surface area (Å²) in [6, 6.07) is 6.79. The lowest BCUT2D eigenvalue weighted by molar-refractivity contribution is 0.0760. The van der Waals surface area contributed by atoms with E-state index in [-0.39, 0.29) is 22.8 Å². The monoisotopic (exact) mass is 500 g/mol. The van der Waals surface area contributed by atoms with Gasteiger partial charge in [0.25, 0.3) is 10.1 Å². The Labute approximate surface area is 210 Å². The van der Waals surface area contributed by atoms with Gasteiger partial charge in [0.05, 0.1) is 23.7 Å². The van der Waals surface area contributed by atoms with Gasteiger partial charge in [0, 0.05) is 6.42 Å². The molecule has 192 valence electrons. The van der Waals surface area contributed by atoms with Crippen molar-refractivity contribution in [2.24, 2.45) is 23.2 Å². The van der Waals surface area contributed by atoms with Crippen molar-refractivity contribution in [1.29, 1.82) is 0 Å². The van der Waals surface area contributed by atoms with Crippen LogP contribution in [0.15, 0.2) is 64.6 Å². The highest BCUT2D eigenvalue weighted by Crippen LogP contribution is 2.59. The highest BCUT2D eigenvalue weighted by atomic mass is 32.2. The van der Waals surface area contributed by atoms with Crippen LogP contribution in [0.2, 0.25) is 0 Å². The summed E-state index contributed by atoms with van der Waals surface area (Å²) in [6.45, 7) is 10.7. The van der Waals surface area contributed by atoms with Crippen LogP contribution >= 0.6 is 0 Å². The number of aliphatic hydroxyl groups excluding tert-OH is 2. The first-order valence-electron chi connectivity index (χ1n) is 12.9. The van der Waals surface area contributed by atoms with E-state index in [9.17, 15) is 18.6 Å². The van der Waals surface area contributed by atoms with Gasteiger partial charge in [0.2, 0.25) is 0 Å². The van der Waals surface area contributed by atoms with E-state index in [0.717, 1.165) is 48.8 Å². The number of benzene rings is 1. The fourth-order valence-corrected chi connectivity index (χ4v) is 7.76. The number of rotatable bonds is 6. The van der Waals surface area contributed by atoms with Crippen molar-refractivity contribution < 1.29 is 22.8 Å². The second-order valence-electron chi connectivity index (χ2n) is 11.2. The van der Waals surface area contributed by atoms with Crippen LogP contribution < -0.4 is 0 Å². The SMILES string of the molecule is C=C1/C(=C/C=C2/CCC[C@]3(C)[C@@H]([C@@H](C)COS(=O)(=O)c4ccc(C)cc4)CC[C@@H]23)C[C@@H](O)C[C@@H]1O. The Hall–Kier alpha value is -1.73. The molecule has 0 bridgehead atoms. The summed E-state index contributed by atoms with van der Waals surface area (Å²) in [7, 11) is -3.77. The molecule has 3 fully saturated rings. The fraction of sp³-hybridized carbons (Fsp3) is 0.586. The Morgan fingerprint density at radius 2 is 1.91 bits per heavy atom. The quantitative estimate of drug-likeness (QED) is 0.506. The standard InChI is InChI=1S/C29H40O5S/c1-19-7-11-25(12-8-19)35(32,33)34-18-20(2)26-13-14-27-22(6-5-15-29(26,27)4)9-10-23-16-24(30)17-28(31)21(23)3/h7-12,20,24,26-28,30-31H,3,5-6,13-18H2,1-2,4H3/b22-9-,23-10+/t20-,24+,26+,27-,28-,29+/m0/s1. The maximum atomic E-state index is 12.7. The van der Waals surface area contributed by atoms with Gasteiger partial charge in [-0.1, -0.05) is 55.8 Å². The van der Waals surface area contributed by atoms with Gasteiger partial charge in [-0.15, -0.1) is 0 Å². The molecule has 35 heavy (non-hydrogen) atoms. The summed E-state index contributed by atoms with van der Waals surface area (Å²) < 4.78 is 30.9. The lowest BCUT2D eigenvalue weighted by Crippen LogP contribution is -2.37. The smallest absolute Gasteiger partial charge is 0.296 e. The van der Waals surface area contributed by atoms with E-state index in [1.807, 2.05) is 6.92 Å². The molecular formula is C29H40O5S. The average Bonchev–Trinajstić information content (AvgIpc) is 3.17. The van der Waals surface area contributed by atoms with Crippen LogP contribution in [-0.2, 0) is 14.3 Å². The molecule has 4 rings (SSSR count). The number of hydrogen-bond acceptors (Lipinski definition) is 5. The molecule has 0 radical (unpaired) electrons. The molecule has 3 aliphatic rings. The van der Waals surface area contributed by atoms with Crippen LogP contribution in [0.1, 0.15) is 64.4 Å². The number of aliphatic hydroxyl groups is 2. The average molecular weight is 501 g/mol. The molecule has 6 heteroatoms. The Kier molecular flexibility index (Phi) is 7.77. The van der Waals surface area contributed by atoms with Gasteiger partial charge < -0.3 is 10.2 Å². The van der Waals surface area contributed by atoms with Gasteiger partial charge in [-0.25, -0.2) is 0 Å². The van der Waals surface area contributed by atoms with Crippen molar-refractivity contribution in [3.63, 3.8) is 0 Å². The van der Waals surface area contributed by atoms with Gasteiger partial charge in [0.15, 0.2) is 0 Å². The van der Waals surface area contributed by atoms with Crippen LogP contribution in [0, 0.1) is 30.1 Å². The summed E-state index contributed by atoms with van der Waals surface area (Å²) in [4.78, 5) is 0.210. The zero-order chi connectivity index (χ0) is 25.4. The maximum absolute atomic E-state index is 12.7. The van der Waals surface area contributed by atoms with Crippen molar-refractivity contribution in [3.05, 3.63) is 65.3 Å². The number of hydrogen-bond donors (Lipinski definition) is 2. The lowest BCUT2D eigenvalue weighted by atomic mass is 9.61. The summed E-state index contributed by atoms with van der Waals surface area (Å²) in [5, 5.41) is 20.2. The Balaban J connectivity index is 1.45. The van der Waals surface area contributed by atoms with Crippen LogP contribution in [0.3, 0.4) is 0 Å².